The Labute approximate surface area is 82.6 Å². The second-order valence-corrected chi connectivity index (χ2v) is 2.77. The quantitative estimate of drug-likeness (QED) is 0.727. The highest BCUT2D eigenvalue weighted by atomic mass is 16.5. The molecule has 0 aliphatic carbocycles. The first-order chi connectivity index (χ1) is 6.69. The molecule has 0 aliphatic rings. The van der Waals surface area contributed by atoms with E-state index in [1.54, 1.807) is 31.4 Å². The smallest absolute Gasteiger partial charge is 0.327 e. The summed E-state index contributed by atoms with van der Waals surface area (Å²) >= 11 is 0. The molecule has 14 heavy (non-hydrogen) atoms. The maximum Gasteiger partial charge on any atom is 0.327 e. The van der Waals surface area contributed by atoms with Crippen molar-refractivity contribution >= 4 is 5.97 Å². The Bertz CT molecular complexity index is 308. The molecule has 0 heterocycles. The zero-order chi connectivity index (χ0) is 10.6. The summed E-state index contributed by atoms with van der Waals surface area (Å²) in [6.45, 7) is 0. The van der Waals surface area contributed by atoms with Crippen LogP contribution in [0.15, 0.2) is 24.3 Å². The molecule has 0 unspecified atom stereocenters. The van der Waals surface area contributed by atoms with Gasteiger partial charge in [-0.05, 0) is 17.7 Å². The second-order valence-electron chi connectivity index (χ2n) is 2.77. The van der Waals surface area contributed by atoms with Crippen molar-refractivity contribution in [2.24, 2.45) is 5.73 Å². The molecule has 0 aliphatic heterocycles. The summed E-state index contributed by atoms with van der Waals surface area (Å²) in [5.41, 5.74) is 6.33. The topological polar surface area (TPSA) is 61.5 Å². The third kappa shape index (κ3) is 2.23. The van der Waals surface area contributed by atoms with E-state index in [0.717, 1.165) is 5.75 Å². The lowest BCUT2D eigenvalue weighted by Gasteiger charge is -2.09. The lowest BCUT2D eigenvalue weighted by Crippen LogP contribution is -2.22. The molecule has 0 saturated carbocycles. The van der Waals surface area contributed by atoms with Gasteiger partial charge in [0.05, 0.1) is 14.2 Å². The van der Waals surface area contributed by atoms with Gasteiger partial charge in [-0.2, -0.15) is 0 Å². The number of benzene rings is 1. The predicted octanol–water partition coefficient (Wildman–Crippen LogP) is 0.868. The summed E-state index contributed by atoms with van der Waals surface area (Å²) in [6, 6.07) is 6.24. The van der Waals surface area contributed by atoms with Gasteiger partial charge in [-0.3, -0.25) is 4.79 Å². The van der Waals surface area contributed by atoms with Crippen LogP contribution in [0.4, 0.5) is 0 Å². The van der Waals surface area contributed by atoms with Crippen LogP contribution >= 0.6 is 0 Å². The highest BCUT2D eigenvalue weighted by Gasteiger charge is 2.15. The number of esters is 1. The van der Waals surface area contributed by atoms with Crippen LogP contribution in [-0.4, -0.2) is 20.2 Å². The van der Waals surface area contributed by atoms with Crippen molar-refractivity contribution in [1.82, 2.24) is 0 Å². The minimum Gasteiger partial charge on any atom is -0.497 e. The van der Waals surface area contributed by atoms with Gasteiger partial charge < -0.3 is 15.2 Å². The lowest BCUT2D eigenvalue weighted by molar-refractivity contribution is -0.142. The first kappa shape index (κ1) is 10.5. The van der Waals surface area contributed by atoms with Crippen LogP contribution in [0.2, 0.25) is 0 Å². The highest BCUT2D eigenvalue weighted by Crippen LogP contribution is 2.16. The standard InChI is InChI=1S/C10H13NO3/c1-13-8-5-3-7(4-6-8)9(11)10(12)14-2/h3-6,9H,11H2,1-2H3/t9-/m0/s1. The van der Waals surface area contributed by atoms with Gasteiger partial charge in [0, 0.05) is 0 Å². The lowest BCUT2D eigenvalue weighted by atomic mass is 10.1. The maximum absolute atomic E-state index is 11.1. The Kier molecular flexibility index (Phi) is 3.48. The summed E-state index contributed by atoms with van der Waals surface area (Å²) in [6.07, 6.45) is 0. The van der Waals surface area contributed by atoms with Gasteiger partial charge in [0.2, 0.25) is 0 Å². The average Bonchev–Trinajstić information content (AvgIpc) is 2.27. The molecule has 0 spiro atoms. The van der Waals surface area contributed by atoms with Gasteiger partial charge in [-0.1, -0.05) is 12.1 Å². The zero-order valence-corrected chi connectivity index (χ0v) is 8.19. The minimum absolute atomic E-state index is 0.449. The van der Waals surface area contributed by atoms with Crippen LogP contribution in [0.5, 0.6) is 5.75 Å². The van der Waals surface area contributed by atoms with Gasteiger partial charge in [0.25, 0.3) is 0 Å². The first-order valence-electron chi connectivity index (χ1n) is 4.16. The fourth-order valence-electron chi connectivity index (χ4n) is 1.07. The van der Waals surface area contributed by atoms with E-state index < -0.39 is 12.0 Å². The zero-order valence-electron chi connectivity index (χ0n) is 8.19. The molecule has 1 atom stereocenters. The Morgan fingerprint density at radius 1 is 1.29 bits per heavy atom. The van der Waals surface area contributed by atoms with E-state index in [-0.39, 0.29) is 0 Å². The molecular weight excluding hydrogens is 182 g/mol. The number of ether oxygens (including phenoxy) is 2. The minimum atomic E-state index is -0.731. The summed E-state index contributed by atoms with van der Waals surface area (Å²) in [4.78, 5) is 11.1. The van der Waals surface area contributed by atoms with E-state index in [4.69, 9.17) is 10.5 Å². The molecule has 0 radical (unpaired) electrons. The SMILES string of the molecule is COC(=O)[C@@H](N)c1ccc(OC)cc1. The molecular formula is C10H13NO3. The van der Waals surface area contributed by atoms with Gasteiger partial charge in [0.15, 0.2) is 0 Å². The fourth-order valence-corrected chi connectivity index (χ4v) is 1.07. The summed E-state index contributed by atoms with van der Waals surface area (Å²) in [5, 5.41) is 0. The molecule has 76 valence electrons. The van der Waals surface area contributed by atoms with Gasteiger partial charge >= 0.3 is 5.97 Å². The van der Waals surface area contributed by atoms with Crippen molar-refractivity contribution in [3.8, 4) is 5.75 Å². The van der Waals surface area contributed by atoms with Crippen molar-refractivity contribution in [3.63, 3.8) is 0 Å². The van der Waals surface area contributed by atoms with E-state index in [1.807, 2.05) is 0 Å². The third-order valence-electron chi connectivity index (χ3n) is 1.93. The van der Waals surface area contributed by atoms with Crippen molar-refractivity contribution in [1.29, 1.82) is 0 Å². The molecule has 0 saturated heterocycles. The van der Waals surface area contributed by atoms with E-state index >= 15 is 0 Å². The second kappa shape index (κ2) is 4.62. The number of hydrogen-bond acceptors (Lipinski definition) is 4. The number of nitrogens with two attached hydrogens (primary N) is 1. The predicted molar refractivity (Wildman–Crippen MR) is 51.9 cm³/mol. The van der Waals surface area contributed by atoms with Crippen LogP contribution in [0, 0.1) is 0 Å². The van der Waals surface area contributed by atoms with Crippen LogP contribution in [0.25, 0.3) is 0 Å². The Balaban J connectivity index is 2.81. The van der Waals surface area contributed by atoms with Crippen LogP contribution in [-0.2, 0) is 9.53 Å². The molecule has 4 nitrogen and oxygen atoms in total. The molecule has 4 heteroatoms. The number of methoxy groups -OCH3 is 2. The molecule has 0 fully saturated rings. The Morgan fingerprint density at radius 3 is 2.29 bits per heavy atom. The average molecular weight is 195 g/mol. The molecule has 0 bridgehead atoms. The first-order valence-corrected chi connectivity index (χ1v) is 4.16. The molecule has 0 aromatic heterocycles. The summed E-state index contributed by atoms with van der Waals surface area (Å²) in [5.74, 6) is 0.279. The Morgan fingerprint density at radius 2 is 1.86 bits per heavy atom. The van der Waals surface area contributed by atoms with Crippen molar-refractivity contribution < 1.29 is 14.3 Å². The third-order valence-corrected chi connectivity index (χ3v) is 1.93. The van der Waals surface area contributed by atoms with Gasteiger partial charge in [-0.15, -0.1) is 0 Å². The highest BCUT2D eigenvalue weighted by molar-refractivity contribution is 5.77. The number of carbonyl (C=O) groups excluding carboxylic acids is 1. The number of carbonyl (C=O) groups is 1. The summed E-state index contributed by atoms with van der Waals surface area (Å²) in [7, 11) is 2.89. The van der Waals surface area contributed by atoms with E-state index in [9.17, 15) is 4.79 Å². The molecule has 0 amide bonds. The maximum atomic E-state index is 11.1. The molecule has 1 rings (SSSR count). The number of rotatable bonds is 3. The van der Waals surface area contributed by atoms with Crippen molar-refractivity contribution in [3.05, 3.63) is 29.8 Å². The van der Waals surface area contributed by atoms with Crippen LogP contribution < -0.4 is 10.5 Å². The normalized spacial score (nSPS) is 11.9. The van der Waals surface area contributed by atoms with E-state index in [1.165, 1.54) is 7.11 Å². The molecule has 2 N–H and O–H groups in total. The van der Waals surface area contributed by atoms with Crippen molar-refractivity contribution in [2.45, 2.75) is 6.04 Å². The Hall–Kier alpha value is -1.55. The van der Waals surface area contributed by atoms with E-state index in [0.29, 0.717) is 5.56 Å². The fraction of sp³-hybridized carbons (Fsp3) is 0.300. The van der Waals surface area contributed by atoms with E-state index in [2.05, 4.69) is 4.74 Å². The van der Waals surface area contributed by atoms with Crippen molar-refractivity contribution in [2.75, 3.05) is 14.2 Å². The van der Waals surface area contributed by atoms with Crippen LogP contribution in [0.1, 0.15) is 11.6 Å². The van der Waals surface area contributed by atoms with Crippen LogP contribution in [0.3, 0.4) is 0 Å². The number of hydrogen-bond donors (Lipinski definition) is 1. The van der Waals surface area contributed by atoms with Gasteiger partial charge in [0.1, 0.15) is 11.8 Å². The molecule has 1 aromatic carbocycles. The largest absolute Gasteiger partial charge is 0.497 e. The van der Waals surface area contributed by atoms with Gasteiger partial charge in [-0.25, -0.2) is 0 Å². The summed E-state index contributed by atoms with van der Waals surface area (Å²) < 4.78 is 9.51. The molecule has 1 aromatic rings. The monoisotopic (exact) mass is 195 g/mol.